The Hall–Kier alpha value is -2.15. The molecule has 7 nitrogen and oxygen atoms in total. The van der Waals surface area contributed by atoms with E-state index in [4.69, 9.17) is 9.47 Å². The lowest BCUT2D eigenvalue weighted by Gasteiger charge is -2.33. The van der Waals surface area contributed by atoms with Crippen LogP contribution >= 0.6 is 0 Å². The van der Waals surface area contributed by atoms with Crippen molar-refractivity contribution < 1.29 is 24.2 Å². The topological polar surface area (TPSA) is 94.8 Å². The summed E-state index contributed by atoms with van der Waals surface area (Å²) < 4.78 is 11.6. The van der Waals surface area contributed by atoms with Crippen molar-refractivity contribution in [1.82, 2.24) is 4.57 Å². The van der Waals surface area contributed by atoms with Gasteiger partial charge in [0.2, 0.25) is 0 Å². The average Bonchev–Trinajstić information content (AvgIpc) is 2.42. The molecule has 0 aliphatic heterocycles. The maximum atomic E-state index is 12.5. The highest BCUT2D eigenvalue weighted by Gasteiger charge is 2.32. The molecule has 1 aromatic rings. The van der Waals surface area contributed by atoms with Gasteiger partial charge in [-0.25, -0.2) is 9.59 Å². The van der Waals surface area contributed by atoms with Crippen LogP contribution in [0, 0.1) is 0 Å². The van der Waals surface area contributed by atoms with E-state index in [1.54, 1.807) is 27.7 Å². The van der Waals surface area contributed by atoms with E-state index in [0.29, 0.717) is 12.8 Å². The predicted octanol–water partition coefficient (Wildman–Crippen LogP) is 1.68. The lowest BCUT2D eigenvalue weighted by Crippen LogP contribution is -2.37. The number of aromatic nitrogens is 1. The molecule has 0 spiro atoms. The maximum Gasteiger partial charge on any atom is 0.341 e. The molecule has 0 unspecified atom stereocenters. The predicted molar refractivity (Wildman–Crippen MR) is 86.1 cm³/mol. The van der Waals surface area contributed by atoms with Gasteiger partial charge in [0.1, 0.15) is 5.60 Å². The van der Waals surface area contributed by atoms with E-state index in [0.717, 1.165) is 6.07 Å². The zero-order chi connectivity index (χ0) is 18.1. The molecule has 0 radical (unpaired) electrons. The fourth-order valence-corrected chi connectivity index (χ4v) is 2.49. The molecule has 1 heterocycles. The molecule has 1 N–H and O–H groups in total. The van der Waals surface area contributed by atoms with Crippen LogP contribution in [-0.4, -0.2) is 39.9 Å². The normalized spacial score (nSPS) is 20.2. The Labute approximate surface area is 140 Å². The first-order valence-corrected chi connectivity index (χ1v) is 7.97. The van der Waals surface area contributed by atoms with Gasteiger partial charge >= 0.3 is 11.9 Å². The van der Waals surface area contributed by atoms with Gasteiger partial charge in [0.05, 0.1) is 23.8 Å². The van der Waals surface area contributed by atoms with Gasteiger partial charge in [-0.3, -0.25) is 4.79 Å². The van der Waals surface area contributed by atoms with Crippen LogP contribution in [0.3, 0.4) is 0 Å². The fourth-order valence-electron chi connectivity index (χ4n) is 2.49. The number of hydrogen-bond acceptors (Lipinski definition) is 6. The molecular formula is C17H23NO6. The summed E-state index contributed by atoms with van der Waals surface area (Å²) in [6, 6.07) is 0.909. The Morgan fingerprint density at radius 1 is 1.25 bits per heavy atom. The first-order valence-electron chi connectivity index (χ1n) is 7.97. The Bertz CT molecular complexity index is 694. The van der Waals surface area contributed by atoms with Crippen LogP contribution in [0.25, 0.3) is 0 Å². The Morgan fingerprint density at radius 2 is 1.88 bits per heavy atom. The van der Waals surface area contributed by atoms with E-state index in [-0.39, 0.29) is 23.8 Å². The van der Waals surface area contributed by atoms with Crippen LogP contribution in [0.1, 0.15) is 67.3 Å². The molecule has 2 rings (SSSR count). The number of carbonyl (C=O) groups excluding carboxylic acids is 2. The number of esters is 2. The second-order valence-electron chi connectivity index (χ2n) is 6.85. The van der Waals surface area contributed by atoms with Crippen LogP contribution in [0.15, 0.2) is 17.1 Å². The molecule has 1 aliphatic rings. The molecule has 7 heteroatoms. The minimum absolute atomic E-state index is 0.00985. The second-order valence-corrected chi connectivity index (χ2v) is 6.85. The van der Waals surface area contributed by atoms with E-state index in [1.165, 1.54) is 10.8 Å². The second kappa shape index (κ2) is 6.76. The van der Waals surface area contributed by atoms with Crippen molar-refractivity contribution in [3.63, 3.8) is 0 Å². The van der Waals surface area contributed by atoms with Gasteiger partial charge in [-0.1, -0.05) is 0 Å². The van der Waals surface area contributed by atoms with E-state index >= 15 is 0 Å². The molecule has 0 bridgehead atoms. The van der Waals surface area contributed by atoms with Crippen molar-refractivity contribution >= 4 is 11.9 Å². The van der Waals surface area contributed by atoms with Crippen molar-refractivity contribution in [2.45, 2.75) is 58.3 Å². The Kier molecular flexibility index (Phi) is 5.13. The largest absolute Gasteiger partial charge is 0.462 e. The van der Waals surface area contributed by atoms with Crippen molar-refractivity contribution in [3.05, 3.63) is 33.7 Å². The number of pyridine rings is 1. The highest BCUT2D eigenvalue weighted by Crippen LogP contribution is 2.31. The van der Waals surface area contributed by atoms with Gasteiger partial charge in [-0.2, -0.15) is 0 Å². The van der Waals surface area contributed by atoms with E-state index < -0.39 is 29.2 Å². The molecule has 1 saturated carbocycles. The molecule has 1 aromatic heterocycles. The molecule has 0 atom stereocenters. The van der Waals surface area contributed by atoms with Crippen molar-refractivity contribution in [1.29, 1.82) is 0 Å². The lowest BCUT2D eigenvalue weighted by molar-refractivity contribution is 0.00617. The van der Waals surface area contributed by atoms with Crippen molar-refractivity contribution in [3.8, 4) is 0 Å². The van der Waals surface area contributed by atoms with Gasteiger partial charge < -0.3 is 19.1 Å². The van der Waals surface area contributed by atoms with Gasteiger partial charge in [-0.15, -0.1) is 0 Å². The first-order chi connectivity index (χ1) is 11.1. The standard InChI is InChI=1S/C17H23NO6/c1-5-23-15(21)12-8-14(20)18(10-6-11(19)7-10)9-13(12)16(22)24-17(2,3)4/h8-11,19H,5-7H2,1-4H3. The van der Waals surface area contributed by atoms with Crippen molar-refractivity contribution in [2.75, 3.05) is 6.61 Å². The summed E-state index contributed by atoms with van der Waals surface area (Å²) in [5, 5.41) is 9.43. The van der Waals surface area contributed by atoms with Crippen LogP contribution in [-0.2, 0) is 9.47 Å². The number of aliphatic hydroxyl groups is 1. The highest BCUT2D eigenvalue weighted by molar-refractivity contribution is 6.03. The molecule has 1 fully saturated rings. The molecular weight excluding hydrogens is 314 g/mol. The molecule has 1 aliphatic carbocycles. The number of rotatable bonds is 4. The van der Waals surface area contributed by atoms with E-state index in [1.807, 2.05) is 0 Å². The minimum Gasteiger partial charge on any atom is -0.462 e. The lowest BCUT2D eigenvalue weighted by atomic mass is 9.89. The Morgan fingerprint density at radius 3 is 2.38 bits per heavy atom. The van der Waals surface area contributed by atoms with Gasteiger partial charge in [-0.05, 0) is 40.5 Å². The number of aliphatic hydroxyl groups excluding tert-OH is 1. The van der Waals surface area contributed by atoms with Crippen LogP contribution in [0.2, 0.25) is 0 Å². The summed E-state index contributed by atoms with van der Waals surface area (Å²) in [4.78, 5) is 36.8. The first kappa shape index (κ1) is 18.2. The number of nitrogens with zero attached hydrogens (tertiary/aromatic N) is 1. The summed E-state index contributed by atoms with van der Waals surface area (Å²) in [6.45, 7) is 6.92. The summed E-state index contributed by atoms with van der Waals surface area (Å²) in [6.07, 6.45) is 1.76. The van der Waals surface area contributed by atoms with E-state index in [2.05, 4.69) is 0 Å². The van der Waals surface area contributed by atoms with E-state index in [9.17, 15) is 19.5 Å². The quantitative estimate of drug-likeness (QED) is 0.840. The van der Waals surface area contributed by atoms with Crippen LogP contribution < -0.4 is 5.56 Å². The number of carbonyl (C=O) groups is 2. The summed E-state index contributed by atoms with van der Waals surface area (Å²) in [5.74, 6) is -1.43. The van der Waals surface area contributed by atoms with Gasteiger partial charge in [0.25, 0.3) is 5.56 Å². The third-order valence-corrected chi connectivity index (χ3v) is 3.68. The van der Waals surface area contributed by atoms with Gasteiger partial charge in [0, 0.05) is 18.3 Å². The average molecular weight is 337 g/mol. The number of ether oxygens (including phenoxy) is 2. The minimum atomic E-state index is -0.740. The van der Waals surface area contributed by atoms with Crippen LogP contribution in [0.5, 0.6) is 0 Å². The monoisotopic (exact) mass is 337 g/mol. The highest BCUT2D eigenvalue weighted by atomic mass is 16.6. The zero-order valence-electron chi connectivity index (χ0n) is 14.4. The zero-order valence-corrected chi connectivity index (χ0v) is 14.4. The third kappa shape index (κ3) is 4.03. The smallest absolute Gasteiger partial charge is 0.341 e. The molecule has 0 aromatic carbocycles. The number of hydrogen-bond donors (Lipinski definition) is 1. The third-order valence-electron chi connectivity index (χ3n) is 3.68. The molecule has 24 heavy (non-hydrogen) atoms. The summed E-state index contributed by atoms with van der Waals surface area (Å²) >= 11 is 0. The Balaban J connectivity index is 2.46. The summed E-state index contributed by atoms with van der Waals surface area (Å²) in [5.41, 5.74) is -1.27. The fraction of sp³-hybridized carbons (Fsp3) is 0.588. The molecule has 0 saturated heterocycles. The maximum absolute atomic E-state index is 12.5. The molecule has 132 valence electrons. The van der Waals surface area contributed by atoms with Crippen LogP contribution in [0.4, 0.5) is 0 Å². The van der Waals surface area contributed by atoms with Gasteiger partial charge in [0.15, 0.2) is 0 Å². The SMILES string of the molecule is CCOC(=O)c1cc(=O)n(C2CC(O)C2)cc1C(=O)OC(C)(C)C. The molecule has 0 amide bonds. The summed E-state index contributed by atoms with van der Waals surface area (Å²) in [7, 11) is 0. The van der Waals surface area contributed by atoms with Crippen molar-refractivity contribution in [2.24, 2.45) is 0 Å².